The Morgan fingerprint density at radius 3 is 2.67 bits per heavy atom. The summed E-state index contributed by atoms with van der Waals surface area (Å²) >= 11 is 1.54. The summed E-state index contributed by atoms with van der Waals surface area (Å²) in [5.41, 5.74) is 3.42. The van der Waals surface area contributed by atoms with E-state index in [1.807, 2.05) is 0 Å². The maximum absolute atomic E-state index is 12.3. The molecule has 1 aromatic heterocycles. The van der Waals surface area contributed by atoms with Crippen LogP contribution >= 0.6 is 11.3 Å². The normalized spacial score (nSPS) is 15.4. The highest BCUT2D eigenvalue weighted by Crippen LogP contribution is 2.31. The van der Waals surface area contributed by atoms with E-state index in [2.05, 4.69) is 48.4 Å². The second kappa shape index (κ2) is 7.90. The second-order valence-electron chi connectivity index (χ2n) is 6.25. The molecule has 4 nitrogen and oxygen atoms in total. The van der Waals surface area contributed by atoms with Crippen LogP contribution in [0.25, 0.3) is 11.3 Å². The molecule has 1 N–H and O–H groups in total. The molecule has 0 unspecified atom stereocenters. The lowest BCUT2D eigenvalue weighted by molar-refractivity contribution is -0.122. The molecule has 1 aromatic carbocycles. The molecule has 128 valence electrons. The first-order chi connectivity index (χ1) is 11.7. The molecule has 24 heavy (non-hydrogen) atoms. The summed E-state index contributed by atoms with van der Waals surface area (Å²) < 4.78 is 5.32. The number of anilines is 1. The third-order valence-electron chi connectivity index (χ3n) is 4.38. The van der Waals surface area contributed by atoms with E-state index < -0.39 is 0 Å². The van der Waals surface area contributed by atoms with Gasteiger partial charge in [0.05, 0.1) is 5.69 Å². The number of rotatable bonds is 5. The van der Waals surface area contributed by atoms with Crippen LogP contribution in [0.15, 0.2) is 24.3 Å². The quantitative estimate of drug-likeness (QED) is 0.872. The fourth-order valence-corrected chi connectivity index (χ4v) is 3.84. The Morgan fingerprint density at radius 1 is 1.29 bits per heavy atom. The van der Waals surface area contributed by atoms with E-state index >= 15 is 0 Å². The summed E-state index contributed by atoms with van der Waals surface area (Å²) in [5.74, 6) is 0.108. The number of hydrogen-bond donors (Lipinski definition) is 1. The van der Waals surface area contributed by atoms with E-state index in [0.29, 0.717) is 18.3 Å². The largest absolute Gasteiger partial charge is 0.381 e. The number of ether oxygens (including phenoxy) is 1. The Kier molecular flexibility index (Phi) is 5.63. The van der Waals surface area contributed by atoms with Gasteiger partial charge in [-0.05, 0) is 31.7 Å². The smallest absolute Gasteiger partial charge is 0.229 e. The molecule has 2 aromatic rings. The Labute approximate surface area is 147 Å². The number of nitrogens with zero attached hydrogens (tertiary/aromatic N) is 1. The third-order valence-corrected chi connectivity index (χ3v) is 5.27. The zero-order valence-electron chi connectivity index (χ0n) is 14.3. The van der Waals surface area contributed by atoms with Gasteiger partial charge in [-0.1, -0.05) is 37.6 Å². The van der Waals surface area contributed by atoms with Gasteiger partial charge < -0.3 is 10.1 Å². The monoisotopic (exact) mass is 344 g/mol. The zero-order valence-corrected chi connectivity index (χ0v) is 15.1. The van der Waals surface area contributed by atoms with Crippen LogP contribution in [0.4, 0.5) is 5.13 Å². The van der Waals surface area contributed by atoms with Crippen LogP contribution in [0.5, 0.6) is 0 Å². The fraction of sp³-hybridized carbons (Fsp3) is 0.474. The van der Waals surface area contributed by atoms with Crippen molar-refractivity contribution in [1.29, 1.82) is 0 Å². The van der Waals surface area contributed by atoms with Crippen LogP contribution in [0.2, 0.25) is 0 Å². The Balaban J connectivity index is 1.71. The van der Waals surface area contributed by atoms with Crippen molar-refractivity contribution in [1.82, 2.24) is 4.98 Å². The SMILES string of the molecule is CCCc1ccc(-c2nc(NC(=O)C3CCOCC3)sc2C)cc1. The molecule has 3 rings (SSSR count). The van der Waals surface area contributed by atoms with E-state index in [4.69, 9.17) is 4.74 Å². The van der Waals surface area contributed by atoms with Crippen molar-refractivity contribution in [3.8, 4) is 11.3 Å². The van der Waals surface area contributed by atoms with Crippen molar-refractivity contribution in [2.24, 2.45) is 5.92 Å². The molecule has 1 saturated heterocycles. The van der Waals surface area contributed by atoms with Gasteiger partial charge in [0, 0.05) is 29.6 Å². The van der Waals surface area contributed by atoms with Gasteiger partial charge in [-0.15, -0.1) is 11.3 Å². The van der Waals surface area contributed by atoms with Crippen LogP contribution in [0, 0.1) is 12.8 Å². The van der Waals surface area contributed by atoms with E-state index in [1.54, 1.807) is 11.3 Å². The van der Waals surface area contributed by atoms with Gasteiger partial charge in [-0.3, -0.25) is 4.79 Å². The maximum atomic E-state index is 12.3. The molecular weight excluding hydrogens is 320 g/mol. The molecule has 0 aliphatic carbocycles. The standard InChI is InChI=1S/C19H24N2O2S/c1-3-4-14-5-7-15(8-6-14)17-13(2)24-19(20-17)21-18(22)16-9-11-23-12-10-16/h5-8,16H,3-4,9-12H2,1-2H3,(H,20,21,22). The second-order valence-corrected chi connectivity index (χ2v) is 7.45. The average molecular weight is 344 g/mol. The number of nitrogens with one attached hydrogen (secondary N) is 1. The van der Waals surface area contributed by atoms with Crippen LogP contribution in [-0.2, 0) is 16.0 Å². The van der Waals surface area contributed by atoms with Gasteiger partial charge in [0.1, 0.15) is 0 Å². The van der Waals surface area contributed by atoms with Crippen molar-refractivity contribution >= 4 is 22.4 Å². The van der Waals surface area contributed by atoms with Gasteiger partial charge >= 0.3 is 0 Å². The first kappa shape index (κ1) is 17.1. The molecule has 0 atom stereocenters. The molecule has 1 fully saturated rings. The van der Waals surface area contributed by atoms with Gasteiger partial charge in [0.2, 0.25) is 5.91 Å². The lowest BCUT2D eigenvalue weighted by Crippen LogP contribution is -2.28. The minimum absolute atomic E-state index is 0.0414. The highest BCUT2D eigenvalue weighted by Gasteiger charge is 2.22. The fourth-order valence-electron chi connectivity index (χ4n) is 3.00. The first-order valence-electron chi connectivity index (χ1n) is 8.62. The highest BCUT2D eigenvalue weighted by molar-refractivity contribution is 7.16. The molecule has 1 aliphatic heterocycles. The van der Waals surface area contributed by atoms with Crippen molar-refractivity contribution in [2.45, 2.75) is 39.5 Å². The molecule has 0 saturated carbocycles. The number of benzene rings is 1. The Morgan fingerprint density at radius 2 is 2.00 bits per heavy atom. The number of carbonyl (C=O) groups excluding carboxylic acids is 1. The van der Waals surface area contributed by atoms with Crippen molar-refractivity contribution in [2.75, 3.05) is 18.5 Å². The molecule has 0 spiro atoms. The van der Waals surface area contributed by atoms with Crippen molar-refractivity contribution in [3.63, 3.8) is 0 Å². The summed E-state index contributed by atoms with van der Waals surface area (Å²) in [6.07, 6.45) is 3.84. The number of hydrogen-bond acceptors (Lipinski definition) is 4. The number of carbonyl (C=O) groups is 1. The minimum Gasteiger partial charge on any atom is -0.381 e. The zero-order chi connectivity index (χ0) is 16.9. The molecule has 5 heteroatoms. The molecule has 0 bridgehead atoms. The van der Waals surface area contributed by atoms with E-state index in [1.165, 1.54) is 5.56 Å². The highest BCUT2D eigenvalue weighted by atomic mass is 32.1. The predicted molar refractivity (Wildman–Crippen MR) is 98.5 cm³/mol. The van der Waals surface area contributed by atoms with Gasteiger partial charge in [-0.2, -0.15) is 0 Å². The summed E-state index contributed by atoms with van der Waals surface area (Å²) in [7, 11) is 0. The summed E-state index contributed by atoms with van der Waals surface area (Å²) in [6.45, 7) is 5.58. The first-order valence-corrected chi connectivity index (χ1v) is 9.44. The third kappa shape index (κ3) is 4.02. The van der Waals surface area contributed by atoms with Crippen LogP contribution in [0.1, 0.15) is 36.6 Å². The van der Waals surface area contributed by atoms with Crippen molar-refractivity contribution < 1.29 is 9.53 Å². The van der Waals surface area contributed by atoms with E-state index in [9.17, 15) is 4.79 Å². The average Bonchev–Trinajstić information content (AvgIpc) is 2.97. The van der Waals surface area contributed by atoms with Gasteiger partial charge in [0.25, 0.3) is 0 Å². The van der Waals surface area contributed by atoms with Gasteiger partial charge in [0.15, 0.2) is 5.13 Å². The Bertz CT molecular complexity index is 688. The van der Waals surface area contributed by atoms with Crippen LogP contribution in [0.3, 0.4) is 0 Å². The van der Waals surface area contributed by atoms with Crippen LogP contribution < -0.4 is 5.32 Å². The maximum Gasteiger partial charge on any atom is 0.229 e. The molecule has 2 heterocycles. The predicted octanol–water partition coefficient (Wildman–Crippen LogP) is 4.44. The topological polar surface area (TPSA) is 51.2 Å². The summed E-state index contributed by atoms with van der Waals surface area (Å²) in [5, 5.41) is 3.68. The number of aryl methyl sites for hydroxylation is 2. The minimum atomic E-state index is 0.0414. The lowest BCUT2D eigenvalue weighted by atomic mass is 10.00. The Hall–Kier alpha value is -1.72. The summed E-state index contributed by atoms with van der Waals surface area (Å²) in [6, 6.07) is 8.57. The number of amides is 1. The molecule has 0 radical (unpaired) electrons. The van der Waals surface area contributed by atoms with Crippen LogP contribution in [-0.4, -0.2) is 24.1 Å². The number of thiazole rings is 1. The van der Waals surface area contributed by atoms with E-state index in [0.717, 1.165) is 41.8 Å². The molecule has 1 amide bonds. The van der Waals surface area contributed by atoms with Crippen molar-refractivity contribution in [3.05, 3.63) is 34.7 Å². The van der Waals surface area contributed by atoms with E-state index in [-0.39, 0.29) is 11.8 Å². The number of aromatic nitrogens is 1. The summed E-state index contributed by atoms with van der Waals surface area (Å²) in [4.78, 5) is 18.1. The lowest BCUT2D eigenvalue weighted by Gasteiger charge is -2.20. The molecular formula is C19H24N2O2S. The molecule has 1 aliphatic rings. The van der Waals surface area contributed by atoms with Gasteiger partial charge in [-0.25, -0.2) is 4.98 Å².